The lowest BCUT2D eigenvalue weighted by atomic mass is 10.1. The molecular weight excluding hydrogens is 256 g/mol. The number of methoxy groups -OCH3 is 1. The lowest BCUT2D eigenvalue weighted by Crippen LogP contribution is -2.46. The van der Waals surface area contributed by atoms with Gasteiger partial charge >= 0.3 is 0 Å². The molecule has 1 rings (SSSR count). The van der Waals surface area contributed by atoms with E-state index in [1.54, 1.807) is 25.1 Å². The first-order chi connectivity index (χ1) is 9.25. The number of ether oxygens (including phenoxy) is 2. The molecule has 0 spiro atoms. The Kier molecular flexibility index (Phi) is 4.98. The van der Waals surface area contributed by atoms with Gasteiger partial charge in [-0.3, -0.25) is 4.79 Å². The molecule has 20 heavy (non-hydrogen) atoms. The van der Waals surface area contributed by atoms with Gasteiger partial charge in [-0.05, 0) is 39.8 Å². The number of amides is 1. The van der Waals surface area contributed by atoms with Gasteiger partial charge < -0.3 is 14.8 Å². The highest BCUT2D eigenvalue weighted by Crippen LogP contribution is 2.23. The van der Waals surface area contributed by atoms with E-state index in [-0.39, 0.29) is 11.4 Å². The molecule has 0 aliphatic heterocycles. The zero-order valence-corrected chi connectivity index (χ0v) is 12.5. The molecule has 0 bridgehead atoms. The first-order valence-corrected chi connectivity index (χ1v) is 6.33. The Hall–Kier alpha value is -2.22. The van der Waals surface area contributed by atoms with Crippen LogP contribution in [0.3, 0.4) is 0 Å². The summed E-state index contributed by atoms with van der Waals surface area (Å²) in [4.78, 5) is 11.9. The van der Waals surface area contributed by atoms with Gasteiger partial charge in [-0.15, -0.1) is 0 Å². The minimum Gasteiger partial charge on any atom is -0.497 e. The van der Waals surface area contributed by atoms with E-state index >= 15 is 0 Å². The molecule has 1 amide bonds. The lowest BCUT2D eigenvalue weighted by Gasteiger charge is -2.23. The molecule has 0 saturated heterocycles. The van der Waals surface area contributed by atoms with Crippen molar-refractivity contribution in [1.82, 2.24) is 5.32 Å². The largest absolute Gasteiger partial charge is 0.497 e. The van der Waals surface area contributed by atoms with Crippen molar-refractivity contribution in [2.24, 2.45) is 0 Å². The van der Waals surface area contributed by atoms with Crippen LogP contribution < -0.4 is 14.8 Å². The van der Waals surface area contributed by atoms with E-state index in [2.05, 4.69) is 5.32 Å². The zero-order chi connectivity index (χ0) is 15.3. The van der Waals surface area contributed by atoms with Gasteiger partial charge in [0.1, 0.15) is 11.5 Å². The first-order valence-electron chi connectivity index (χ1n) is 6.33. The van der Waals surface area contributed by atoms with Gasteiger partial charge in [0.2, 0.25) is 0 Å². The van der Waals surface area contributed by atoms with Crippen molar-refractivity contribution in [3.63, 3.8) is 0 Å². The monoisotopic (exact) mass is 276 g/mol. The minimum atomic E-state index is -0.659. The van der Waals surface area contributed by atoms with E-state index in [1.807, 2.05) is 26.8 Å². The number of hydrogen-bond donors (Lipinski definition) is 1. The van der Waals surface area contributed by atoms with Gasteiger partial charge in [0, 0.05) is 11.6 Å². The van der Waals surface area contributed by atoms with Gasteiger partial charge in [-0.1, -0.05) is 0 Å². The Morgan fingerprint density at radius 2 is 1.90 bits per heavy atom. The first kappa shape index (κ1) is 15.8. The molecule has 1 N–H and O–H groups in total. The predicted octanol–water partition coefficient (Wildman–Crippen LogP) is 2.25. The van der Waals surface area contributed by atoms with Crippen LogP contribution in [-0.2, 0) is 4.79 Å². The minimum absolute atomic E-state index is 0.209. The summed E-state index contributed by atoms with van der Waals surface area (Å²) >= 11 is 0. The molecular formula is C15H20N2O3. The maximum Gasteiger partial charge on any atom is 0.261 e. The molecule has 1 aromatic rings. The van der Waals surface area contributed by atoms with Crippen LogP contribution in [0.1, 0.15) is 33.3 Å². The van der Waals surface area contributed by atoms with Gasteiger partial charge in [0.15, 0.2) is 6.10 Å². The van der Waals surface area contributed by atoms with Gasteiger partial charge in [0.05, 0.1) is 18.7 Å². The molecule has 0 aliphatic carbocycles. The molecule has 5 nitrogen and oxygen atoms in total. The zero-order valence-electron chi connectivity index (χ0n) is 12.5. The smallest absolute Gasteiger partial charge is 0.261 e. The predicted molar refractivity (Wildman–Crippen MR) is 75.7 cm³/mol. The van der Waals surface area contributed by atoms with Crippen molar-refractivity contribution >= 4 is 5.91 Å². The fourth-order valence-electron chi connectivity index (χ4n) is 1.55. The summed E-state index contributed by atoms with van der Waals surface area (Å²) in [6, 6.07) is 6.84. The SMILES string of the molecule is COc1cc(C#N)cc(OC(C)C(=O)NC(C)(C)C)c1. The molecule has 5 heteroatoms. The normalized spacial score (nSPS) is 12.2. The molecule has 0 radical (unpaired) electrons. The second-order valence-electron chi connectivity index (χ2n) is 5.51. The molecule has 1 atom stereocenters. The molecule has 0 aliphatic rings. The maximum absolute atomic E-state index is 11.9. The Balaban J connectivity index is 2.83. The summed E-state index contributed by atoms with van der Waals surface area (Å²) < 4.78 is 10.7. The maximum atomic E-state index is 11.9. The number of nitrogens with one attached hydrogen (secondary N) is 1. The molecule has 0 fully saturated rings. The summed E-state index contributed by atoms with van der Waals surface area (Å²) in [5.74, 6) is 0.735. The molecule has 0 saturated carbocycles. The molecule has 1 unspecified atom stereocenters. The van der Waals surface area contributed by atoms with Crippen LogP contribution in [0, 0.1) is 11.3 Å². The van der Waals surface area contributed by atoms with Crippen molar-refractivity contribution in [3.05, 3.63) is 23.8 Å². The highest BCUT2D eigenvalue weighted by molar-refractivity contribution is 5.81. The van der Waals surface area contributed by atoms with E-state index in [0.717, 1.165) is 0 Å². The number of rotatable bonds is 4. The second-order valence-corrected chi connectivity index (χ2v) is 5.51. The Morgan fingerprint density at radius 1 is 1.30 bits per heavy atom. The number of nitrogens with zero attached hydrogens (tertiary/aromatic N) is 1. The van der Waals surface area contributed by atoms with Crippen LogP contribution in [0.25, 0.3) is 0 Å². The summed E-state index contributed by atoms with van der Waals surface area (Å²) in [7, 11) is 1.51. The topological polar surface area (TPSA) is 71.3 Å². The van der Waals surface area contributed by atoms with E-state index in [9.17, 15) is 4.79 Å². The Bertz CT molecular complexity index is 527. The average Bonchev–Trinajstić information content (AvgIpc) is 2.36. The number of carbonyl (C=O) groups excluding carboxylic acids is 1. The summed E-state index contributed by atoms with van der Waals surface area (Å²) in [6.07, 6.45) is -0.659. The van der Waals surface area contributed by atoms with Crippen LogP contribution in [-0.4, -0.2) is 24.7 Å². The van der Waals surface area contributed by atoms with Gasteiger partial charge in [-0.25, -0.2) is 0 Å². The van der Waals surface area contributed by atoms with Crippen LogP contribution in [0.5, 0.6) is 11.5 Å². The number of hydrogen-bond acceptors (Lipinski definition) is 4. The summed E-state index contributed by atoms with van der Waals surface area (Å²) in [5.41, 5.74) is 0.101. The number of benzene rings is 1. The van der Waals surface area contributed by atoms with E-state index in [0.29, 0.717) is 17.1 Å². The van der Waals surface area contributed by atoms with Crippen LogP contribution in [0.2, 0.25) is 0 Å². The fraction of sp³-hybridized carbons (Fsp3) is 0.467. The third kappa shape index (κ3) is 4.81. The average molecular weight is 276 g/mol. The number of carbonyl (C=O) groups is 1. The quantitative estimate of drug-likeness (QED) is 0.915. The van der Waals surface area contributed by atoms with Crippen molar-refractivity contribution in [2.75, 3.05) is 7.11 Å². The third-order valence-electron chi connectivity index (χ3n) is 2.43. The Morgan fingerprint density at radius 3 is 2.40 bits per heavy atom. The van der Waals surface area contributed by atoms with Gasteiger partial charge in [-0.2, -0.15) is 5.26 Å². The Labute approximate surface area is 119 Å². The highest BCUT2D eigenvalue weighted by Gasteiger charge is 2.20. The lowest BCUT2D eigenvalue weighted by molar-refractivity contribution is -0.128. The van der Waals surface area contributed by atoms with Crippen LogP contribution in [0.4, 0.5) is 0 Å². The van der Waals surface area contributed by atoms with E-state index in [1.165, 1.54) is 7.11 Å². The standard InChI is InChI=1S/C15H20N2O3/c1-10(14(18)17-15(2,3)4)20-13-7-11(9-16)6-12(8-13)19-5/h6-8,10H,1-5H3,(H,17,18). The summed E-state index contributed by atoms with van der Waals surface area (Å²) in [5, 5.41) is 11.8. The molecule has 0 heterocycles. The van der Waals surface area contributed by atoms with Gasteiger partial charge in [0.25, 0.3) is 5.91 Å². The van der Waals surface area contributed by atoms with Crippen molar-refractivity contribution in [2.45, 2.75) is 39.3 Å². The van der Waals surface area contributed by atoms with Crippen molar-refractivity contribution in [3.8, 4) is 17.6 Å². The van der Waals surface area contributed by atoms with Crippen molar-refractivity contribution in [1.29, 1.82) is 5.26 Å². The third-order valence-corrected chi connectivity index (χ3v) is 2.43. The molecule has 1 aromatic carbocycles. The fourth-order valence-corrected chi connectivity index (χ4v) is 1.55. The number of nitriles is 1. The second kappa shape index (κ2) is 6.29. The van der Waals surface area contributed by atoms with Crippen LogP contribution in [0.15, 0.2) is 18.2 Å². The highest BCUT2D eigenvalue weighted by atomic mass is 16.5. The van der Waals surface area contributed by atoms with E-state index < -0.39 is 6.10 Å². The van der Waals surface area contributed by atoms with E-state index in [4.69, 9.17) is 14.7 Å². The van der Waals surface area contributed by atoms with Crippen molar-refractivity contribution < 1.29 is 14.3 Å². The molecule has 0 aromatic heterocycles. The summed E-state index contributed by atoms with van der Waals surface area (Å²) in [6.45, 7) is 7.36. The van der Waals surface area contributed by atoms with Crippen LogP contribution >= 0.6 is 0 Å². The molecule has 108 valence electrons.